The Bertz CT molecular complexity index is 641. The smallest absolute Gasteiger partial charge is 0.328 e. The summed E-state index contributed by atoms with van der Waals surface area (Å²) in [6.07, 6.45) is -2.56. The number of alkyl halides is 3. The van der Waals surface area contributed by atoms with Gasteiger partial charge in [0.05, 0.1) is 10.6 Å². The molecule has 2 rings (SSSR count). The lowest BCUT2D eigenvalue weighted by atomic mass is 9.93. The second-order valence-corrected chi connectivity index (χ2v) is 7.41. The molecule has 1 aromatic rings. The summed E-state index contributed by atoms with van der Waals surface area (Å²) in [4.78, 5) is -0.918. The molecule has 4 nitrogen and oxygen atoms in total. The number of sulfonamides is 1. The van der Waals surface area contributed by atoms with Crippen LogP contribution in [0.1, 0.15) is 31.2 Å². The molecule has 0 unspecified atom stereocenters. The van der Waals surface area contributed by atoms with Crippen molar-refractivity contribution in [1.29, 1.82) is 0 Å². The van der Waals surface area contributed by atoms with Crippen LogP contribution in [0.25, 0.3) is 0 Å². The van der Waals surface area contributed by atoms with Gasteiger partial charge in [0, 0.05) is 12.1 Å². The van der Waals surface area contributed by atoms with Crippen molar-refractivity contribution in [1.82, 2.24) is 4.72 Å². The Hall–Kier alpha value is -0.830. The van der Waals surface area contributed by atoms with Gasteiger partial charge in [0.15, 0.2) is 0 Å². The molecule has 0 atom stereocenters. The lowest BCUT2D eigenvalue weighted by Gasteiger charge is -2.27. The van der Waals surface area contributed by atoms with Gasteiger partial charge in [0.1, 0.15) is 4.90 Å². The van der Waals surface area contributed by atoms with Crippen molar-refractivity contribution in [3.63, 3.8) is 0 Å². The Labute approximate surface area is 131 Å². The summed E-state index contributed by atoms with van der Waals surface area (Å²) in [5.74, 6) is 0. The van der Waals surface area contributed by atoms with E-state index >= 15 is 0 Å². The van der Waals surface area contributed by atoms with Crippen molar-refractivity contribution >= 4 is 21.6 Å². The first-order valence-corrected chi connectivity index (χ1v) is 8.61. The zero-order chi connectivity index (χ0) is 16.5. The van der Waals surface area contributed by atoms with Crippen LogP contribution in [0.2, 0.25) is 5.02 Å². The van der Waals surface area contributed by atoms with Crippen molar-refractivity contribution in [2.24, 2.45) is 5.73 Å². The van der Waals surface area contributed by atoms with E-state index in [4.69, 9.17) is 17.3 Å². The third kappa shape index (κ3) is 3.92. The molecule has 22 heavy (non-hydrogen) atoms. The molecule has 0 radical (unpaired) electrons. The van der Waals surface area contributed by atoms with Gasteiger partial charge in [-0.05, 0) is 37.8 Å². The molecule has 1 aliphatic carbocycles. The molecule has 124 valence electrons. The van der Waals surface area contributed by atoms with E-state index in [-0.39, 0.29) is 6.04 Å². The van der Waals surface area contributed by atoms with E-state index in [0.717, 1.165) is 12.1 Å². The quantitative estimate of drug-likeness (QED) is 0.874. The number of halogens is 4. The van der Waals surface area contributed by atoms with Crippen molar-refractivity contribution < 1.29 is 21.6 Å². The maximum Gasteiger partial charge on any atom is 0.417 e. The largest absolute Gasteiger partial charge is 0.417 e. The SMILES string of the molecule is NC1CCC(NS(=O)(=O)c2c(Cl)cccc2C(F)(F)F)CC1. The predicted octanol–water partition coefficient (Wildman–Crippen LogP) is 2.91. The normalized spacial score (nSPS) is 23.5. The average molecular weight is 357 g/mol. The maximum absolute atomic E-state index is 13.0. The lowest BCUT2D eigenvalue weighted by molar-refractivity contribution is -0.139. The van der Waals surface area contributed by atoms with Crippen LogP contribution in [0.4, 0.5) is 13.2 Å². The van der Waals surface area contributed by atoms with Gasteiger partial charge in [-0.15, -0.1) is 0 Å². The van der Waals surface area contributed by atoms with Gasteiger partial charge < -0.3 is 5.73 Å². The average Bonchev–Trinajstić information content (AvgIpc) is 2.39. The molecule has 0 amide bonds. The fourth-order valence-corrected chi connectivity index (χ4v) is 4.59. The second-order valence-electron chi connectivity index (χ2n) is 5.35. The fourth-order valence-electron chi connectivity index (χ4n) is 2.52. The third-order valence-electron chi connectivity index (χ3n) is 3.63. The van der Waals surface area contributed by atoms with Crippen molar-refractivity contribution in [2.45, 2.75) is 48.8 Å². The van der Waals surface area contributed by atoms with Crippen LogP contribution in [0.15, 0.2) is 23.1 Å². The fraction of sp³-hybridized carbons (Fsp3) is 0.538. The number of rotatable bonds is 3. The molecule has 1 fully saturated rings. The van der Waals surface area contributed by atoms with Gasteiger partial charge in [0.25, 0.3) is 0 Å². The highest BCUT2D eigenvalue weighted by Crippen LogP contribution is 2.37. The van der Waals surface area contributed by atoms with E-state index < -0.39 is 37.7 Å². The first-order valence-electron chi connectivity index (χ1n) is 6.75. The minimum Gasteiger partial charge on any atom is -0.328 e. The summed E-state index contributed by atoms with van der Waals surface area (Å²) in [5, 5.41) is -0.449. The summed E-state index contributed by atoms with van der Waals surface area (Å²) >= 11 is 5.72. The Balaban J connectivity index is 2.34. The molecular weight excluding hydrogens is 341 g/mol. The molecule has 1 saturated carbocycles. The number of hydrogen-bond donors (Lipinski definition) is 2. The van der Waals surface area contributed by atoms with Crippen LogP contribution in [0.3, 0.4) is 0 Å². The minimum absolute atomic E-state index is 0.00630. The van der Waals surface area contributed by atoms with Crippen molar-refractivity contribution in [3.05, 3.63) is 28.8 Å². The molecule has 1 aliphatic rings. The van der Waals surface area contributed by atoms with Gasteiger partial charge in [-0.2, -0.15) is 13.2 Å². The molecule has 0 saturated heterocycles. The number of nitrogens with one attached hydrogen (secondary N) is 1. The molecule has 0 aliphatic heterocycles. The first kappa shape index (κ1) is 17.5. The van der Waals surface area contributed by atoms with Gasteiger partial charge in [0.2, 0.25) is 10.0 Å². The lowest BCUT2D eigenvalue weighted by Crippen LogP contribution is -2.41. The zero-order valence-electron chi connectivity index (χ0n) is 11.5. The van der Waals surface area contributed by atoms with E-state index in [9.17, 15) is 21.6 Å². The van der Waals surface area contributed by atoms with Crippen molar-refractivity contribution in [3.8, 4) is 0 Å². The Kier molecular flexibility index (Phi) is 5.06. The molecule has 0 aromatic heterocycles. The van der Waals surface area contributed by atoms with E-state index in [1.165, 1.54) is 0 Å². The van der Waals surface area contributed by atoms with Crippen LogP contribution in [0, 0.1) is 0 Å². The van der Waals surface area contributed by atoms with E-state index in [1.54, 1.807) is 0 Å². The standard InChI is InChI=1S/C13H16ClF3N2O2S/c14-11-3-1-2-10(13(15,16)17)12(11)22(20,21)19-9-6-4-8(18)5-7-9/h1-3,8-9,19H,4-7,18H2. The maximum atomic E-state index is 13.0. The van der Waals surface area contributed by atoms with Crippen LogP contribution < -0.4 is 10.5 Å². The second kappa shape index (κ2) is 6.35. The Morgan fingerprint density at radius 2 is 1.77 bits per heavy atom. The molecule has 0 bridgehead atoms. The monoisotopic (exact) mass is 356 g/mol. The summed E-state index contributed by atoms with van der Waals surface area (Å²) in [5.41, 5.74) is 4.47. The third-order valence-corrected chi connectivity index (χ3v) is 5.68. The number of nitrogens with two attached hydrogens (primary N) is 1. The van der Waals surface area contributed by atoms with Crippen LogP contribution in [-0.2, 0) is 16.2 Å². The summed E-state index contributed by atoms with van der Waals surface area (Å²) in [6.45, 7) is 0. The minimum atomic E-state index is -4.80. The Morgan fingerprint density at radius 1 is 1.18 bits per heavy atom. The van der Waals surface area contributed by atoms with Crippen LogP contribution in [0.5, 0.6) is 0 Å². The highest BCUT2D eigenvalue weighted by atomic mass is 35.5. The summed E-state index contributed by atoms with van der Waals surface area (Å²) in [6, 6.07) is 2.48. The van der Waals surface area contributed by atoms with Crippen LogP contribution >= 0.6 is 11.6 Å². The molecular formula is C13H16ClF3N2O2S. The van der Waals surface area contributed by atoms with E-state index in [0.29, 0.717) is 31.7 Å². The molecule has 0 spiro atoms. The van der Waals surface area contributed by atoms with E-state index in [1.807, 2.05) is 0 Å². The van der Waals surface area contributed by atoms with Crippen molar-refractivity contribution in [2.75, 3.05) is 0 Å². The molecule has 3 N–H and O–H groups in total. The first-order chi connectivity index (χ1) is 10.1. The molecule has 1 aromatic carbocycles. The van der Waals surface area contributed by atoms with Crippen LogP contribution in [-0.4, -0.2) is 20.5 Å². The number of benzene rings is 1. The highest BCUT2D eigenvalue weighted by molar-refractivity contribution is 7.89. The topological polar surface area (TPSA) is 72.2 Å². The zero-order valence-corrected chi connectivity index (χ0v) is 13.1. The summed E-state index contributed by atoms with van der Waals surface area (Å²) in [7, 11) is -4.36. The predicted molar refractivity (Wildman–Crippen MR) is 77.0 cm³/mol. The van der Waals surface area contributed by atoms with Gasteiger partial charge in [-0.1, -0.05) is 17.7 Å². The molecule has 9 heteroatoms. The van der Waals surface area contributed by atoms with Gasteiger partial charge >= 0.3 is 6.18 Å². The van der Waals surface area contributed by atoms with Gasteiger partial charge in [-0.3, -0.25) is 0 Å². The number of hydrogen-bond acceptors (Lipinski definition) is 3. The summed E-state index contributed by atoms with van der Waals surface area (Å²) < 4.78 is 66.1. The van der Waals surface area contributed by atoms with Gasteiger partial charge in [-0.25, -0.2) is 13.1 Å². The van der Waals surface area contributed by atoms with E-state index in [2.05, 4.69) is 4.72 Å². The Morgan fingerprint density at radius 3 is 2.32 bits per heavy atom. The highest BCUT2D eigenvalue weighted by Gasteiger charge is 2.39. The molecule has 0 heterocycles.